The number of hydrogen-bond acceptors (Lipinski definition) is 4. The third kappa shape index (κ3) is 2.66. The minimum absolute atomic E-state index is 0.0182. The molecule has 0 spiro atoms. The Morgan fingerprint density at radius 1 is 1.40 bits per heavy atom. The number of sulfonamides is 1. The maximum atomic E-state index is 12.6. The van der Waals surface area contributed by atoms with Crippen molar-refractivity contribution in [2.75, 3.05) is 6.54 Å². The standard InChI is InChI=1S/C13H15N3O3S/c14-9-10-4-3-5-11(8-10)20(18,19)16-7-2-1-6-12(16)13(15)17/h3-5,8,12H,1-2,6-7H2,(H2,15,17). The molecule has 6 nitrogen and oxygen atoms in total. The highest BCUT2D eigenvalue weighted by molar-refractivity contribution is 7.89. The molecule has 0 aliphatic carbocycles. The van der Waals surface area contributed by atoms with E-state index in [1.54, 1.807) is 0 Å². The van der Waals surface area contributed by atoms with Gasteiger partial charge in [-0.1, -0.05) is 12.5 Å². The number of amides is 1. The van der Waals surface area contributed by atoms with Crippen molar-refractivity contribution < 1.29 is 13.2 Å². The van der Waals surface area contributed by atoms with E-state index >= 15 is 0 Å². The second-order valence-corrected chi connectivity index (χ2v) is 6.56. The first kappa shape index (κ1) is 14.5. The number of nitriles is 1. The molecule has 1 atom stereocenters. The van der Waals surface area contributed by atoms with Crippen molar-refractivity contribution >= 4 is 15.9 Å². The summed E-state index contributed by atoms with van der Waals surface area (Å²) >= 11 is 0. The van der Waals surface area contributed by atoms with Crippen LogP contribution in [-0.4, -0.2) is 31.2 Å². The highest BCUT2D eigenvalue weighted by Gasteiger charge is 2.36. The SMILES string of the molecule is N#Cc1cccc(S(=O)(=O)N2CCCCC2C(N)=O)c1. The van der Waals surface area contributed by atoms with Crippen LogP contribution in [0.25, 0.3) is 0 Å². The van der Waals surface area contributed by atoms with Crippen molar-refractivity contribution in [1.82, 2.24) is 4.31 Å². The molecule has 20 heavy (non-hydrogen) atoms. The van der Waals surface area contributed by atoms with Crippen LogP contribution < -0.4 is 5.73 Å². The van der Waals surface area contributed by atoms with Crippen molar-refractivity contribution in [2.45, 2.75) is 30.2 Å². The normalized spacial score (nSPS) is 20.2. The third-order valence-corrected chi connectivity index (χ3v) is 5.26. The maximum Gasteiger partial charge on any atom is 0.243 e. The molecule has 2 rings (SSSR count). The predicted octanol–water partition coefficient (Wildman–Crippen LogP) is 0.587. The van der Waals surface area contributed by atoms with Gasteiger partial charge < -0.3 is 5.73 Å². The number of rotatable bonds is 3. The fourth-order valence-corrected chi connectivity index (χ4v) is 4.05. The van der Waals surface area contributed by atoms with E-state index in [4.69, 9.17) is 11.0 Å². The molecule has 1 fully saturated rings. The van der Waals surface area contributed by atoms with Crippen molar-refractivity contribution in [2.24, 2.45) is 5.73 Å². The van der Waals surface area contributed by atoms with Crippen LogP contribution in [0.3, 0.4) is 0 Å². The van der Waals surface area contributed by atoms with E-state index in [0.717, 1.165) is 10.7 Å². The number of hydrogen-bond donors (Lipinski definition) is 1. The summed E-state index contributed by atoms with van der Waals surface area (Å²) < 4.78 is 26.3. The van der Waals surface area contributed by atoms with Crippen molar-refractivity contribution in [3.63, 3.8) is 0 Å². The molecule has 7 heteroatoms. The molecule has 1 heterocycles. The van der Waals surface area contributed by atoms with Gasteiger partial charge in [-0.25, -0.2) is 8.42 Å². The molecule has 0 saturated carbocycles. The molecule has 1 aromatic rings. The van der Waals surface area contributed by atoms with Gasteiger partial charge in [0.05, 0.1) is 16.5 Å². The summed E-state index contributed by atoms with van der Waals surface area (Å²) in [4.78, 5) is 11.4. The van der Waals surface area contributed by atoms with Gasteiger partial charge in [0, 0.05) is 6.54 Å². The van der Waals surface area contributed by atoms with E-state index in [9.17, 15) is 13.2 Å². The van der Waals surface area contributed by atoms with E-state index < -0.39 is 22.0 Å². The summed E-state index contributed by atoms with van der Waals surface area (Å²) in [6.45, 7) is 0.271. The second kappa shape index (κ2) is 5.61. The first-order valence-electron chi connectivity index (χ1n) is 6.28. The molecule has 0 bridgehead atoms. The largest absolute Gasteiger partial charge is 0.368 e. The number of carbonyl (C=O) groups is 1. The van der Waals surface area contributed by atoms with Crippen LogP contribution in [-0.2, 0) is 14.8 Å². The Morgan fingerprint density at radius 3 is 2.80 bits per heavy atom. The Morgan fingerprint density at radius 2 is 2.15 bits per heavy atom. The highest BCUT2D eigenvalue weighted by Crippen LogP contribution is 2.25. The van der Waals surface area contributed by atoms with Crippen LogP contribution in [0.5, 0.6) is 0 Å². The van der Waals surface area contributed by atoms with E-state index in [0.29, 0.717) is 12.8 Å². The summed E-state index contributed by atoms with van der Waals surface area (Å²) in [6.07, 6.45) is 1.91. The summed E-state index contributed by atoms with van der Waals surface area (Å²) in [7, 11) is -3.81. The lowest BCUT2D eigenvalue weighted by atomic mass is 10.0. The van der Waals surface area contributed by atoms with Gasteiger partial charge in [0.2, 0.25) is 15.9 Å². The average Bonchev–Trinajstić information content (AvgIpc) is 2.47. The molecule has 1 aliphatic heterocycles. The molecule has 1 saturated heterocycles. The van der Waals surface area contributed by atoms with Crippen LogP contribution in [0, 0.1) is 11.3 Å². The molecule has 1 aromatic carbocycles. The number of piperidine rings is 1. The monoisotopic (exact) mass is 293 g/mol. The third-order valence-electron chi connectivity index (χ3n) is 3.35. The minimum Gasteiger partial charge on any atom is -0.368 e. The molecule has 0 radical (unpaired) electrons. The van der Waals surface area contributed by atoms with Crippen LogP contribution in [0.1, 0.15) is 24.8 Å². The first-order chi connectivity index (χ1) is 9.46. The average molecular weight is 293 g/mol. The van der Waals surface area contributed by atoms with Gasteiger partial charge in [-0.15, -0.1) is 0 Å². The summed E-state index contributed by atoms with van der Waals surface area (Å²) in [5, 5.41) is 8.85. The first-order valence-corrected chi connectivity index (χ1v) is 7.72. The number of primary amides is 1. The molecule has 106 valence electrons. The maximum absolute atomic E-state index is 12.6. The zero-order valence-corrected chi connectivity index (χ0v) is 11.6. The molecule has 1 amide bonds. The summed E-state index contributed by atoms with van der Waals surface area (Å²) in [6, 6.07) is 6.86. The molecule has 1 unspecified atom stereocenters. The van der Waals surface area contributed by atoms with E-state index in [2.05, 4.69) is 0 Å². The zero-order valence-electron chi connectivity index (χ0n) is 10.8. The topological polar surface area (TPSA) is 104 Å². The van der Waals surface area contributed by atoms with Gasteiger partial charge in [0.25, 0.3) is 0 Å². The van der Waals surface area contributed by atoms with Crippen LogP contribution >= 0.6 is 0 Å². The Kier molecular flexibility index (Phi) is 4.06. The van der Waals surface area contributed by atoms with Gasteiger partial charge in [0.1, 0.15) is 6.04 Å². The summed E-state index contributed by atoms with van der Waals surface area (Å²) in [5.41, 5.74) is 5.55. The number of nitrogens with two attached hydrogens (primary N) is 1. The van der Waals surface area contributed by atoms with Gasteiger partial charge in [-0.05, 0) is 31.0 Å². The minimum atomic E-state index is -3.81. The summed E-state index contributed by atoms with van der Waals surface area (Å²) in [5.74, 6) is -0.635. The van der Waals surface area contributed by atoms with Crippen molar-refractivity contribution in [3.8, 4) is 6.07 Å². The van der Waals surface area contributed by atoms with Gasteiger partial charge >= 0.3 is 0 Å². The smallest absolute Gasteiger partial charge is 0.243 e. The Balaban J connectivity index is 2.42. The van der Waals surface area contributed by atoms with Gasteiger partial charge in [-0.2, -0.15) is 9.57 Å². The molecule has 0 aromatic heterocycles. The second-order valence-electron chi connectivity index (χ2n) is 4.67. The van der Waals surface area contributed by atoms with Crippen molar-refractivity contribution in [1.29, 1.82) is 5.26 Å². The quantitative estimate of drug-likeness (QED) is 0.880. The van der Waals surface area contributed by atoms with Gasteiger partial charge in [0.15, 0.2) is 0 Å². The molecule has 1 aliphatic rings. The molecular formula is C13H15N3O3S. The fraction of sp³-hybridized carbons (Fsp3) is 0.385. The van der Waals surface area contributed by atoms with E-state index in [-0.39, 0.29) is 17.0 Å². The fourth-order valence-electron chi connectivity index (χ4n) is 2.34. The molecular weight excluding hydrogens is 278 g/mol. The zero-order chi connectivity index (χ0) is 14.8. The Bertz CT molecular complexity index is 664. The van der Waals surface area contributed by atoms with Crippen LogP contribution in [0.2, 0.25) is 0 Å². The lowest BCUT2D eigenvalue weighted by Crippen LogP contribution is -2.50. The van der Waals surface area contributed by atoms with E-state index in [1.807, 2.05) is 6.07 Å². The highest BCUT2D eigenvalue weighted by atomic mass is 32.2. The van der Waals surface area contributed by atoms with E-state index in [1.165, 1.54) is 24.3 Å². The number of benzene rings is 1. The van der Waals surface area contributed by atoms with Gasteiger partial charge in [-0.3, -0.25) is 4.79 Å². The lowest BCUT2D eigenvalue weighted by molar-refractivity contribution is -0.122. The molecule has 2 N–H and O–H groups in total. The Labute approximate surface area is 117 Å². The number of nitrogens with zero attached hydrogens (tertiary/aromatic N) is 2. The van der Waals surface area contributed by atoms with Crippen molar-refractivity contribution in [3.05, 3.63) is 29.8 Å². The van der Waals surface area contributed by atoms with Crippen LogP contribution in [0.4, 0.5) is 0 Å². The lowest BCUT2D eigenvalue weighted by Gasteiger charge is -2.32. The van der Waals surface area contributed by atoms with Crippen LogP contribution in [0.15, 0.2) is 29.2 Å². The predicted molar refractivity (Wildman–Crippen MR) is 71.9 cm³/mol. The number of carbonyl (C=O) groups excluding carboxylic acids is 1. The Hall–Kier alpha value is -1.91.